The van der Waals surface area contributed by atoms with Gasteiger partial charge in [0.2, 0.25) is 0 Å². The maximum atomic E-state index is 13.5. The maximum Gasteiger partial charge on any atom is 0.338 e. The van der Waals surface area contributed by atoms with E-state index in [1.165, 1.54) is 24.8 Å². The molecule has 0 bridgehead atoms. The van der Waals surface area contributed by atoms with Crippen LogP contribution in [-0.4, -0.2) is 43.0 Å². The van der Waals surface area contributed by atoms with Gasteiger partial charge in [-0.25, -0.2) is 9.59 Å². The van der Waals surface area contributed by atoms with E-state index in [0.717, 1.165) is 6.42 Å². The van der Waals surface area contributed by atoms with Gasteiger partial charge < -0.3 is 24.8 Å². The first-order valence-corrected chi connectivity index (χ1v) is 14.7. The Hall–Kier alpha value is -4.66. The molecule has 0 aliphatic heterocycles. The predicted octanol–water partition coefficient (Wildman–Crippen LogP) is 7.30. The summed E-state index contributed by atoms with van der Waals surface area (Å²) in [6, 6.07) is 17.0. The lowest BCUT2D eigenvalue weighted by molar-refractivity contribution is 0.0519. The molecule has 44 heavy (non-hydrogen) atoms. The van der Waals surface area contributed by atoms with Crippen LogP contribution in [0.25, 0.3) is 0 Å². The van der Waals surface area contributed by atoms with Crippen LogP contribution in [0.15, 0.2) is 60.7 Å². The van der Waals surface area contributed by atoms with Crippen molar-refractivity contribution in [3.8, 4) is 11.5 Å². The van der Waals surface area contributed by atoms with E-state index in [-0.39, 0.29) is 34.3 Å². The van der Waals surface area contributed by atoms with Gasteiger partial charge in [0.1, 0.15) is 11.5 Å². The van der Waals surface area contributed by atoms with Crippen LogP contribution in [0.2, 0.25) is 0 Å². The Labute approximate surface area is 259 Å². The molecular formula is C35H42N2O7. The average molecular weight is 603 g/mol. The molecule has 0 aliphatic rings. The molecule has 2 amide bonds. The first-order chi connectivity index (χ1) is 20.7. The molecule has 0 aliphatic carbocycles. The molecule has 9 nitrogen and oxygen atoms in total. The zero-order chi connectivity index (χ0) is 32.7. The number of hydrogen-bond donors (Lipinski definition) is 2. The van der Waals surface area contributed by atoms with Gasteiger partial charge in [0, 0.05) is 11.2 Å². The normalized spacial score (nSPS) is 11.4. The van der Waals surface area contributed by atoms with Crippen molar-refractivity contribution in [3.63, 3.8) is 0 Å². The highest BCUT2D eigenvalue weighted by molar-refractivity contribution is 6.15. The minimum atomic E-state index is -0.841. The fourth-order valence-corrected chi connectivity index (χ4v) is 4.21. The second-order valence-corrected chi connectivity index (χ2v) is 11.7. The van der Waals surface area contributed by atoms with Gasteiger partial charge in [0.15, 0.2) is 0 Å². The molecular weight excluding hydrogens is 560 g/mol. The summed E-state index contributed by atoms with van der Waals surface area (Å²) in [4.78, 5) is 52.3. The van der Waals surface area contributed by atoms with Gasteiger partial charge in [0.05, 0.1) is 36.0 Å². The van der Waals surface area contributed by atoms with E-state index >= 15 is 0 Å². The molecule has 2 N–H and O–H groups in total. The molecule has 0 atom stereocenters. The second kappa shape index (κ2) is 14.2. The first kappa shape index (κ1) is 33.8. The van der Waals surface area contributed by atoms with Crippen LogP contribution in [0, 0.1) is 0 Å². The molecule has 9 heteroatoms. The number of benzene rings is 3. The van der Waals surface area contributed by atoms with Crippen LogP contribution in [0.5, 0.6) is 11.5 Å². The Bertz CT molecular complexity index is 1510. The van der Waals surface area contributed by atoms with Gasteiger partial charge in [-0.3, -0.25) is 9.59 Å². The van der Waals surface area contributed by atoms with Gasteiger partial charge >= 0.3 is 11.9 Å². The Morgan fingerprint density at radius 3 is 1.70 bits per heavy atom. The first-order valence-electron chi connectivity index (χ1n) is 14.7. The van der Waals surface area contributed by atoms with Crippen LogP contribution < -0.4 is 15.4 Å². The van der Waals surface area contributed by atoms with Crippen LogP contribution in [0.1, 0.15) is 108 Å². The highest BCUT2D eigenvalue weighted by Crippen LogP contribution is 2.30. The lowest BCUT2D eigenvalue weighted by Gasteiger charge is -2.25. The number of methoxy groups -OCH3 is 1. The lowest BCUT2D eigenvalue weighted by atomic mass is 9.82. The number of hydrogen-bond acceptors (Lipinski definition) is 7. The zero-order valence-electron chi connectivity index (χ0n) is 26.8. The van der Waals surface area contributed by atoms with Gasteiger partial charge in [-0.15, -0.1) is 0 Å². The third-order valence-corrected chi connectivity index (χ3v) is 7.75. The van der Waals surface area contributed by atoms with E-state index < -0.39 is 29.3 Å². The zero-order valence-corrected chi connectivity index (χ0v) is 26.8. The molecule has 3 rings (SSSR count). The highest BCUT2D eigenvalue weighted by Gasteiger charge is 2.29. The highest BCUT2D eigenvalue weighted by atomic mass is 16.5. The molecule has 0 radical (unpaired) electrons. The molecule has 0 saturated carbocycles. The molecule has 234 valence electrons. The van der Waals surface area contributed by atoms with Crippen molar-refractivity contribution in [2.24, 2.45) is 0 Å². The summed E-state index contributed by atoms with van der Waals surface area (Å²) >= 11 is 0. The van der Waals surface area contributed by atoms with Crippen LogP contribution in [0.3, 0.4) is 0 Å². The minimum absolute atomic E-state index is 0.0515. The van der Waals surface area contributed by atoms with E-state index in [9.17, 15) is 19.2 Å². The molecule has 0 saturated heterocycles. The number of nitrogens with one attached hydrogen (secondary N) is 2. The minimum Gasteiger partial charge on any atom is -0.465 e. The fourth-order valence-electron chi connectivity index (χ4n) is 4.21. The summed E-state index contributed by atoms with van der Waals surface area (Å²) in [5, 5.41) is 5.59. The molecule has 3 aromatic rings. The van der Waals surface area contributed by atoms with E-state index in [1.807, 2.05) is 32.9 Å². The average Bonchev–Trinajstić information content (AvgIpc) is 3.01. The lowest BCUT2D eigenvalue weighted by Crippen LogP contribution is -2.43. The smallest absolute Gasteiger partial charge is 0.338 e. The molecule has 0 heterocycles. The van der Waals surface area contributed by atoms with E-state index in [0.29, 0.717) is 23.6 Å². The number of anilines is 1. The van der Waals surface area contributed by atoms with Crippen LogP contribution in [-0.2, 0) is 14.9 Å². The summed E-state index contributed by atoms with van der Waals surface area (Å²) in [6.07, 6.45) is 1.63. The fraction of sp³-hybridized carbons (Fsp3) is 0.371. The molecule has 0 spiro atoms. The van der Waals surface area contributed by atoms with Gasteiger partial charge in [-0.05, 0) is 93.1 Å². The third kappa shape index (κ3) is 8.24. The van der Waals surface area contributed by atoms with Gasteiger partial charge in [0.25, 0.3) is 11.8 Å². The number of rotatable bonds is 12. The van der Waals surface area contributed by atoms with Crippen molar-refractivity contribution < 1.29 is 33.4 Å². The number of esters is 2. The third-order valence-electron chi connectivity index (χ3n) is 7.75. The van der Waals surface area contributed by atoms with Crippen molar-refractivity contribution in [1.29, 1.82) is 0 Å². The van der Waals surface area contributed by atoms with Crippen LogP contribution in [0.4, 0.5) is 5.69 Å². The molecule has 0 fully saturated rings. The SMILES string of the molecule is CCOC(=O)c1cc(C(=O)Nc2ccc(Oc3ccc(C(C)(C)CC)cc3)cc2)c(C(=O)OC)cc1C(=O)NC(C)(C)CC. The Balaban J connectivity index is 1.90. The number of carbonyl (C=O) groups is 4. The standard InChI is InChI=1S/C35H42N2O7/c1-9-34(4,5)22-12-16-24(17-13-22)44-25-18-14-23(15-19-25)36-30(38)26-20-29(33(41)43-11-3)27(21-28(26)32(40)42-8)31(39)37-35(6,7)10-2/h12-21H,9-11H2,1-8H3,(H,36,38)(H,37,39). The summed E-state index contributed by atoms with van der Waals surface area (Å²) in [5.74, 6) is -1.67. The monoisotopic (exact) mass is 602 g/mol. The summed E-state index contributed by atoms with van der Waals surface area (Å²) in [7, 11) is 1.17. The van der Waals surface area contributed by atoms with Crippen molar-refractivity contribution in [2.45, 2.75) is 72.3 Å². The topological polar surface area (TPSA) is 120 Å². The van der Waals surface area contributed by atoms with E-state index in [1.54, 1.807) is 31.2 Å². The van der Waals surface area contributed by atoms with Gasteiger partial charge in [-0.1, -0.05) is 39.8 Å². The van der Waals surface area contributed by atoms with Crippen molar-refractivity contribution in [1.82, 2.24) is 5.32 Å². The quantitative estimate of drug-likeness (QED) is 0.209. The summed E-state index contributed by atoms with van der Waals surface area (Å²) in [6.45, 7) is 13.8. The summed E-state index contributed by atoms with van der Waals surface area (Å²) in [5.41, 5.74) is 0.552. The summed E-state index contributed by atoms with van der Waals surface area (Å²) < 4.78 is 16.0. The predicted molar refractivity (Wildman–Crippen MR) is 170 cm³/mol. The number of ether oxygens (including phenoxy) is 3. The maximum absolute atomic E-state index is 13.5. The largest absolute Gasteiger partial charge is 0.465 e. The van der Waals surface area contributed by atoms with Crippen LogP contribution >= 0.6 is 0 Å². The number of amides is 2. The Kier molecular flexibility index (Phi) is 10.9. The molecule has 0 unspecified atom stereocenters. The Morgan fingerprint density at radius 1 is 0.682 bits per heavy atom. The second-order valence-electron chi connectivity index (χ2n) is 11.7. The van der Waals surface area contributed by atoms with Crippen molar-refractivity contribution >= 4 is 29.4 Å². The van der Waals surface area contributed by atoms with E-state index in [2.05, 4.69) is 43.5 Å². The van der Waals surface area contributed by atoms with Crippen molar-refractivity contribution in [3.05, 3.63) is 88.5 Å². The molecule has 3 aromatic carbocycles. The molecule has 0 aromatic heterocycles. The van der Waals surface area contributed by atoms with E-state index in [4.69, 9.17) is 14.2 Å². The van der Waals surface area contributed by atoms with Gasteiger partial charge in [-0.2, -0.15) is 0 Å². The Morgan fingerprint density at radius 2 is 1.20 bits per heavy atom. The van der Waals surface area contributed by atoms with Crippen molar-refractivity contribution in [2.75, 3.05) is 19.0 Å². The number of carbonyl (C=O) groups excluding carboxylic acids is 4.